The van der Waals surface area contributed by atoms with Gasteiger partial charge in [0.25, 0.3) is 0 Å². The summed E-state index contributed by atoms with van der Waals surface area (Å²) in [4.78, 5) is 14.7. The number of amides is 2. The van der Waals surface area contributed by atoms with E-state index in [9.17, 15) is 4.79 Å². The zero-order valence-electron chi connectivity index (χ0n) is 18.0. The van der Waals surface area contributed by atoms with Gasteiger partial charge in [-0.1, -0.05) is 48.5 Å². The van der Waals surface area contributed by atoms with E-state index >= 15 is 0 Å². The summed E-state index contributed by atoms with van der Waals surface area (Å²) in [5.74, 6) is 0.680. The lowest BCUT2D eigenvalue weighted by atomic mass is 10.0. The van der Waals surface area contributed by atoms with Crippen molar-refractivity contribution >= 4 is 6.03 Å². The van der Waals surface area contributed by atoms with Gasteiger partial charge >= 0.3 is 6.03 Å². The van der Waals surface area contributed by atoms with Crippen molar-refractivity contribution in [1.29, 1.82) is 0 Å². The average molecular weight is 428 g/mol. The Hall–Kier alpha value is -3.94. The summed E-state index contributed by atoms with van der Waals surface area (Å²) in [6, 6.07) is 20.1. The number of carbonyl (C=O) groups is 1. The van der Waals surface area contributed by atoms with Crippen LogP contribution in [-0.4, -0.2) is 48.6 Å². The Morgan fingerprint density at radius 2 is 1.81 bits per heavy atom. The van der Waals surface area contributed by atoms with Gasteiger partial charge in [-0.15, -0.1) is 10.2 Å². The third-order valence-corrected chi connectivity index (χ3v) is 5.86. The van der Waals surface area contributed by atoms with Crippen molar-refractivity contribution in [2.45, 2.75) is 19.4 Å². The van der Waals surface area contributed by atoms with Crippen LogP contribution >= 0.6 is 0 Å². The SMILES string of the molecule is Cn1nc(-c2nncn2-c2ccccc2)c2c1CCN(C(=O)NCCc1ccccc1)C2. The number of nitrogens with zero attached hydrogens (tertiary/aromatic N) is 6. The predicted octanol–water partition coefficient (Wildman–Crippen LogP) is 2.98. The molecule has 0 atom stereocenters. The van der Waals surface area contributed by atoms with E-state index in [1.807, 2.05) is 69.7 Å². The first kappa shape index (κ1) is 20.0. The van der Waals surface area contributed by atoms with Gasteiger partial charge in [-0.25, -0.2) is 4.79 Å². The lowest BCUT2D eigenvalue weighted by Crippen LogP contribution is -2.43. The number of hydrogen-bond acceptors (Lipinski definition) is 4. The normalized spacial score (nSPS) is 13.1. The van der Waals surface area contributed by atoms with E-state index in [4.69, 9.17) is 5.10 Å². The van der Waals surface area contributed by atoms with Crippen molar-refractivity contribution in [3.8, 4) is 17.2 Å². The maximum atomic E-state index is 12.8. The number of benzene rings is 2. The fraction of sp³-hybridized carbons (Fsp3) is 0.250. The molecular formula is C24H25N7O. The maximum Gasteiger partial charge on any atom is 0.317 e. The number of aryl methyl sites for hydroxylation is 1. The molecule has 32 heavy (non-hydrogen) atoms. The van der Waals surface area contributed by atoms with E-state index in [1.54, 1.807) is 6.33 Å². The molecule has 0 aliphatic carbocycles. The summed E-state index contributed by atoms with van der Waals surface area (Å²) in [7, 11) is 1.95. The Balaban J connectivity index is 1.34. The summed E-state index contributed by atoms with van der Waals surface area (Å²) in [5.41, 5.74) is 5.12. The van der Waals surface area contributed by atoms with Gasteiger partial charge in [0.15, 0.2) is 5.82 Å². The van der Waals surface area contributed by atoms with Crippen molar-refractivity contribution in [2.75, 3.05) is 13.1 Å². The van der Waals surface area contributed by atoms with Crippen LogP contribution in [0.25, 0.3) is 17.2 Å². The van der Waals surface area contributed by atoms with Gasteiger partial charge in [-0.2, -0.15) is 5.10 Å². The van der Waals surface area contributed by atoms with Gasteiger partial charge in [-0.05, 0) is 24.1 Å². The first-order valence-corrected chi connectivity index (χ1v) is 10.8. The second-order valence-electron chi connectivity index (χ2n) is 7.90. The Labute approximate surface area is 186 Å². The van der Waals surface area contributed by atoms with Crippen molar-refractivity contribution in [3.05, 3.63) is 83.8 Å². The standard InChI is InChI=1S/C24H25N7O/c1-29-21-13-15-30(24(32)25-14-12-18-8-4-2-5-9-18)16-20(21)22(28-29)23-27-26-17-31(23)19-10-6-3-7-11-19/h2-11,17H,12-16H2,1H3,(H,25,32). The number of rotatable bonds is 5. The van der Waals surface area contributed by atoms with Crippen molar-refractivity contribution in [2.24, 2.45) is 7.05 Å². The maximum absolute atomic E-state index is 12.8. The van der Waals surface area contributed by atoms with Crippen LogP contribution in [0.2, 0.25) is 0 Å². The lowest BCUT2D eigenvalue weighted by molar-refractivity contribution is 0.192. The summed E-state index contributed by atoms with van der Waals surface area (Å²) in [5, 5.41) is 16.3. The van der Waals surface area contributed by atoms with Crippen molar-refractivity contribution in [1.82, 2.24) is 34.8 Å². The molecule has 2 aromatic heterocycles. The van der Waals surface area contributed by atoms with E-state index < -0.39 is 0 Å². The zero-order chi connectivity index (χ0) is 21.9. The summed E-state index contributed by atoms with van der Waals surface area (Å²) < 4.78 is 3.83. The number of hydrogen-bond donors (Lipinski definition) is 1. The van der Waals surface area contributed by atoms with Gasteiger partial charge in [0.2, 0.25) is 0 Å². The second kappa shape index (κ2) is 8.66. The molecule has 2 aromatic carbocycles. The van der Waals surface area contributed by atoms with E-state index in [-0.39, 0.29) is 6.03 Å². The van der Waals surface area contributed by atoms with Crippen LogP contribution in [-0.2, 0) is 26.4 Å². The van der Waals surface area contributed by atoms with Crippen LogP contribution in [0.5, 0.6) is 0 Å². The largest absolute Gasteiger partial charge is 0.338 e. The Bertz CT molecular complexity index is 1210. The number of para-hydroxylation sites is 1. The summed E-state index contributed by atoms with van der Waals surface area (Å²) in [6.45, 7) is 1.76. The molecule has 8 heteroatoms. The molecule has 1 aliphatic heterocycles. The van der Waals surface area contributed by atoms with Gasteiger partial charge in [-0.3, -0.25) is 9.25 Å². The first-order valence-electron chi connectivity index (χ1n) is 10.8. The van der Waals surface area contributed by atoms with Crippen molar-refractivity contribution < 1.29 is 4.79 Å². The Kier molecular flexibility index (Phi) is 5.41. The van der Waals surface area contributed by atoms with Gasteiger partial charge in [0.05, 0.1) is 6.54 Å². The highest BCUT2D eigenvalue weighted by Crippen LogP contribution is 2.29. The molecule has 4 aromatic rings. The Morgan fingerprint density at radius 1 is 1.06 bits per heavy atom. The minimum Gasteiger partial charge on any atom is -0.338 e. The smallest absolute Gasteiger partial charge is 0.317 e. The monoisotopic (exact) mass is 427 g/mol. The minimum atomic E-state index is -0.0501. The first-order chi connectivity index (χ1) is 15.7. The van der Waals surface area contributed by atoms with Crippen LogP contribution < -0.4 is 5.32 Å². The predicted molar refractivity (Wildman–Crippen MR) is 121 cm³/mol. The van der Waals surface area contributed by atoms with Crippen LogP contribution in [0, 0.1) is 0 Å². The van der Waals surface area contributed by atoms with Crippen LogP contribution in [0.1, 0.15) is 16.8 Å². The fourth-order valence-corrected chi connectivity index (χ4v) is 4.19. The van der Waals surface area contributed by atoms with E-state index in [0.717, 1.165) is 35.5 Å². The summed E-state index contributed by atoms with van der Waals surface area (Å²) >= 11 is 0. The van der Waals surface area contributed by atoms with Crippen LogP contribution in [0.15, 0.2) is 67.0 Å². The third-order valence-electron chi connectivity index (χ3n) is 5.86. The molecule has 0 saturated carbocycles. The van der Waals surface area contributed by atoms with Crippen molar-refractivity contribution in [3.63, 3.8) is 0 Å². The molecule has 3 heterocycles. The molecule has 1 aliphatic rings. The molecule has 8 nitrogen and oxygen atoms in total. The zero-order valence-corrected chi connectivity index (χ0v) is 18.0. The highest BCUT2D eigenvalue weighted by Gasteiger charge is 2.29. The molecule has 2 amide bonds. The number of carbonyl (C=O) groups excluding carboxylic acids is 1. The number of aromatic nitrogens is 5. The molecule has 0 unspecified atom stereocenters. The van der Waals surface area contributed by atoms with E-state index in [2.05, 4.69) is 27.6 Å². The third kappa shape index (κ3) is 3.87. The topological polar surface area (TPSA) is 80.9 Å². The van der Waals surface area contributed by atoms with Gasteiger partial charge in [0, 0.05) is 43.5 Å². The lowest BCUT2D eigenvalue weighted by Gasteiger charge is -2.27. The molecule has 1 N–H and O–H groups in total. The fourth-order valence-electron chi connectivity index (χ4n) is 4.19. The number of urea groups is 1. The molecule has 162 valence electrons. The molecule has 0 bridgehead atoms. The quantitative estimate of drug-likeness (QED) is 0.531. The number of nitrogens with one attached hydrogen (secondary N) is 1. The van der Waals surface area contributed by atoms with Crippen LogP contribution in [0.3, 0.4) is 0 Å². The molecule has 0 radical (unpaired) electrons. The highest BCUT2D eigenvalue weighted by atomic mass is 16.2. The molecule has 0 spiro atoms. The van der Waals surface area contributed by atoms with E-state index in [1.165, 1.54) is 5.56 Å². The van der Waals surface area contributed by atoms with Crippen LogP contribution in [0.4, 0.5) is 4.79 Å². The van der Waals surface area contributed by atoms with E-state index in [0.29, 0.717) is 25.5 Å². The molecule has 0 saturated heterocycles. The van der Waals surface area contributed by atoms with Gasteiger partial charge < -0.3 is 10.2 Å². The average Bonchev–Trinajstić information content (AvgIpc) is 3.44. The number of fused-ring (bicyclic) bond motifs is 1. The highest BCUT2D eigenvalue weighted by molar-refractivity contribution is 5.75. The van der Waals surface area contributed by atoms with Gasteiger partial charge in [0.1, 0.15) is 12.0 Å². The molecule has 5 rings (SSSR count). The minimum absolute atomic E-state index is 0.0501. The Morgan fingerprint density at radius 3 is 2.59 bits per heavy atom. The second-order valence-corrected chi connectivity index (χ2v) is 7.90. The molecular weight excluding hydrogens is 402 g/mol. The summed E-state index contributed by atoms with van der Waals surface area (Å²) in [6.07, 6.45) is 3.26. The molecule has 0 fully saturated rings.